The monoisotopic (exact) mass is 297 g/mol. The molecule has 112 valence electrons. The van der Waals surface area contributed by atoms with Gasteiger partial charge in [-0.3, -0.25) is 4.98 Å². The highest BCUT2D eigenvalue weighted by molar-refractivity contribution is 5.60. The average Bonchev–Trinajstić information content (AvgIpc) is 2.99. The van der Waals surface area contributed by atoms with Crippen LogP contribution in [0.15, 0.2) is 30.6 Å². The van der Waals surface area contributed by atoms with Crippen molar-refractivity contribution in [1.82, 2.24) is 24.6 Å². The molecule has 0 bridgehead atoms. The Balaban J connectivity index is 1.84. The van der Waals surface area contributed by atoms with E-state index in [-0.39, 0.29) is 0 Å². The molecule has 0 amide bonds. The number of aromatic nitrogens is 5. The number of pyridine rings is 1. The van der Waals surface area contributed by atoms with Gasteiger partial charge in [0.05, 0.1) is 13.2 Å². The molecular weight excluding hydrogens is 282 g/mol. The summed E-state index contributed by atoms with van der Waals surface area (Å²) in [4.78, 5) is 15.0. The molecule has 0 unspecified atom stereocenters. The fraction of sp³-hybridized carbons (Fsp3) is 0.286. The smallest absolute Gasteiger partial charge is 0.256 e. The minimum absolute atomic E-state index is 0.430. The number of nitrogens with zero attached hydrogens (tertiary/aromatic N) is 6. The van der Waals surface area contributed by atoms with Gasteiger partial charge in [0.15, 0.2) is 5.82 Å². The van der Waals surface area contributed by atoms with E-state index in [1.54, 1.807) is 16.9 Å². The fourth-order valence-corrected chi connectivity index (χ4v) is 2.51. The Bertz CT molecular complexity index is 796. The van der Waals surface area contributed by atoms with Crippen LogP contribution in [0.5, 0.6) is 0 Å². The third kappa shape index (κ3) is 2.23. The van der Waals surface area contributed by atoms with E-state index in [0.717, 1.165) is 24.5 Å². The van der Waals surface area contributed by atoms with Gasteiger partial charge in [0.25, 0.3) is 5.78 Å². The van der Waals surface area contributed by atoms with Gasteiger partial charge in [-0.15, -0.1) is 5.10 Å². The number of hydrogen-bond acceptors (Lipinski definition) is 7. The lowest BCUT2D eigenvalue weighted by atomic mass is 10.3. The zero-order valence-electron chi connectivity index (χ0n) is 11.9. The van der Waals surface area contributed by atoms with Crippen molar-refractivity contribution in [3.8, 4) is 11.4 Å². The van der Waals surface area contributed by atoms with Crippen molar-refractivity contribution in [1.29, 1.82) is 0 Å². The van der Waals surface area contributed by atoms with E-state index in [1.807, 2.05) is 18.2 Å². The van der Waals surface area contributed by atoms with E-state index in [9.17, 15) is 0 Å². The van der Waals surface area contributed by atoms with Gasteiger partial charge >= 0.3 is 0 Å². The topological polar surface area (TPSA) is 94.5 Å². The molecule has 4 heterocycles. The summed E-state index contributed by atoms with van der Waals surface area (Å²) in [5, 5.41) is 4.56. The van der Waals surface area contributed by atoms with E-state index in [0.29, 0.717) is 30.6 Å². The van der Waals surface area contributed by atoms with Crippen LogP contribution in [0.25, 0.3) is 17.2 Å². The van der Waals surface area contributed by atoms with Crippen LogP contribution in [0.1, 0.15) is 0 Å². The zero-order chi connectivity index (χ0) is 14.9. The second-order valence-corrected chi connectivity index (χ2v) is 5.03. The number of nitrogens with two attached hydrogens (primary N) is 1. The van der Waals surface area contributed by atoms with E-state index in [2.05, 4.69) is 25.0 Å². The molecule has 4 rings (SSSR count). The standard InChI is InChI=1S/C14H15N7O/c15-11-8-12(20-4-6-22-7-5-20)21-14(17-11)18-13(19-21)10-2-1-3-16-9-10/h1-3,8-9H,4-7H2,(H2,15,17,18,19). The van der Waals surface area contributed by atoms with Gasteiger partial charge < -0.3 is 15.4 Å². The number of ether oxygens (including phenoxy) is 1. The average molecular weight is 297 g/mol. The Labute approximate surface area is 126 Å². The molecule has 8 heteroatoms. The first-order valence-corrected chi connectivity index (χ1v) is 7.08. The van der Waals surface area contributed by atoms with Crippen LogP contribution in [0.3, 0.4) is 0 Å². The number of anilines is 2. The van der Waals surface area contributed by atoms with Crippen LogP contribution < -0.4 is 10.6 Å². The van der Waals surface area contributed by atoms with Crippen molar-refractivity contribution >= 4 is 17.4 Å². The summed E-state index contributed by atoms with van der Waals surface area (Å²) in [5.41, 5.74) is 6.76. The highest BCUT2D eigenvalue weighted by Crippen LogP contribution is 2.21. The van der Waals surface area contributed by atoms with Gasteiger partial charge in [0.1, 0.15) is 11.6 Å². The van der Waals surface area contributed by atoms with Gasteiger partial charge in [-0.25, -0.2) is 0 Å². The quantitative estimate of drug-likeness (QED) is 0.740. The maximum absolute atomic E-state index is 5.92. The molecule has 0 saturated carbocycles. The Kier molecular flexibility index (Phi) is 3.08. The number of nitrogen functional groups attached to an aromatic ring is 1. The first kappa shape index (κ1) is 13.0. The maximum atomic E-state index is 5.92. The van der Waals surface area contributed by atoms with Crippen LogP contribution in [-0.2, 0) is 4.74 Å². The summed E-state index contributed by atoms with van der Waals surface area (Å²) in [5.74, 6) is 2.38. The highest BCUT2D eigenvalue weighted by atomic mass is 16.5. The summed E-state index contributed by atoms with van der Waals surface area (Å²) >= 11 is 0. The second-order valence-electron chi connectivity index (χ2n) is 5.03. The molecule has 3 aromatic heterocycles. The van der Waals surface area contributed by atoms with Gasteiger partial charge in [-0.05, 0) is 12.1 Å². The largest absolute Gasteiger partial charge is 0.383 e. The van der Waals surface area contributed by atoms with Gasteiger partial charge in [0, 0.05) is 37.1 Å². The molecule has 8 nitrogen and oxygen atoms in total. The molecule has 0 aliphatic carbocycles. The number of rotatable bonds is 2. The van der Waals surface area contributed by atoms with Crippen LogP contribution >= 0.6 is 0 Å². The van der Waals surface area contributed by atoms with E-state index in [1.165, 1.54) is 0 Å². The SMILES string of the molecule is Nc1cc(N2CCOCC2)n2nc(-c3cccnc3)nc2n1. The molecule has 22 heavy (non-hydrogen) atoms. The lowest BCUT2D eigenvalue weighted by Gasteiger charge is -2.28. The molecule has 0 spiro atoms. The summed E-state index contributed by atoms with van der Waals surface area (Å²) in [6.45, 7) is 2.96. The van der Waals surface area contributed by atoms with Crippen molar-refractivity contribution in [3.63, 3.8) is 0 Å². The summed E-state index contributed by atoms with van der Waals surface area (Å²) in [6, 6.07) is 5.59. The van der Waals surface area contributed by atoms with Crippen molar-refractivity contribution in [2.24, 2.45) is 0 Å². The van der Waals surface area contributed by atoms with Gasteiger partial charge in [-0.1, -0.05) is 0 Å². The van der Waals surface area contributed by atoms with E-state index >= 15 is 0 Å². The van der Waals surface area contributed by atoms with Gasteiger partial charge in [-0.2, -0.15) is 14.5 Å². The molecule has 1 aliphatic rings. The highest BCUT2D eigenvalue weighted by Gasteiger charge is 2.18. The van der Waals surface area contributed by atoms with E-state index < -0.39 is 0 Å². The Morgan fingerprint density at radius 3 is 2.82 bits per heavy atom. The van der Waals surface area contributed by atoms with E-state index in [4.69, 9.17) is 10.5 Å². The Morgan fingerprint density at radius 1 is 1.18 bits per heavy atom. The van der Waals surface area contributed by atoms with Crippen molar-refractivity contribution in [3.05, 3.63) is 30.6 Å². The predicted molar refractivity (Wildman–Crippen MR) is 81.5 cm³/mol. The minimum Gasteiger partial charge on any atom is -0.383 e. The maximum Gasteiger partial charge on any atom is 0.256 e. The van der Waals surface area contributed by atoms with Gasteiger partial charge in [0.2, 0.25) is 0 Å². The number of fused-ring (bicyclic) bond motifs is 1. The first-order chi connectivity index (χ1) is 10.8. The van der Waals surface area contributed by atoms with Crippen molar-refractivity contribution in [2.45, 2.75) is 0 Å². The molecule has 1 fully saturated rings. The summed E-state index contributed by atoms with van der Waals surface area (Å²) in [6.07, 6.45) is 3.45. The van der Waals surface area contributed by atoms with Crippen molar-refractivity contribution in [2.75, 3.05) is 36.9 Å². The summed E-state index contributed by atoms with van der Waals surface area (Å²) < 4.78 is 7.12. The Morgan fingerprint density at radius 2 is 2.05 bits per heavy atom. The molecule has 0 radical (unpaired) electrons. The second kappa shape index (κ2) is 5.23. The Hall–Kier alpha value is -2.74. The van der Waals surface area contributed by atoms with Crippen LogP contribution in [0, 0.1) is 0 Å². The minimum atomic E-state index is 0.430. The number of morpholine rings is 1. The molecule has 0 aromatic carbocycles. The molecule has 1 aliphatic heterocycles. The normalized spacial score (nSPS) is 15.4. The lowest BCUT2D eigenvalue weighted by molar-refractivity contribution is 0.122. The molecule has 0 atom stereocenters. The summed E-state index contributed by atoms with van der Waals surface area (Å²) in [7, 11) is 0. The molecule has 1 saturated heterocycles. The lowest BCUT2D eigenvalue weighted by Crippen LogP contribution is -2.37. The number of hydrogen-bond donors (Lipinski definition) is 1. The third-order valence-electron chi connectivity index (χ3n) is 3.57. The third-order valence-corrected chi connectivity index (χ3v) is 3.57. The molecule has 3 aromatic rings. The van der Waals surface area contributed by atoms with Crippen molar-refractivity contribution < 1.29 is 4.74 Å². The van der Waals surface area contributed by atoms with Crippen LogP contribution in [0.4, 0.5) is 11.6 Å². The molecule has 2 N–H and O–H groups in total. The molecular formula is C14H15N7O. The van der Waals surface area contributed by atoms with Crippen LogP contribution in [0.2, 0.25) is 0 Å². The zero-order valence-corrected chi connectivity index (χ0v) is 11.9. The van der Waals surface area contributed by atoms with Crippen LogP contribution in [-0.4, -0.2) is 50.9 Å². The first-order valence-electron chi connectivity index (χ1n) is 7.08. The fourth-order valence-electron chi connectivity index (χ4n) is 2.51. The predicted octanol–water partition coefficient (Wildman–Crippen LogP) is 0.605.